The summed E-state index contributed by atoms with van der Waals surface area (Å²) >= 11 is 0. The third kappa shape index (κ3) is 4.75. The minimum absolute atomic E-state index is 0.307. The fourth-order valence-electron chi connectivity index (χ4n) is 3.65. The second kappa shape index (κ2) is 8.25. The fourth-order valence-corrected chi connectivity index (χ4v) is 5.02. The molecule has 0 unspecified atom stereocenters. The molecule has 1 aliphatic rings. The van der Waals surface area contributed by atoms with Gasteiger partial charge in [0.25, 0.3) is 0 Å². The van der Waals surface area contributed by atoms with Gasteiger partial charge in [-0.3, -0.25) is 4.68 Å². The van der Waals surface area contributed by atoms with Crippen molar-refractivity contribution in [1.29, 1.82) is 0 Å². The van der Waals surface area contributed by atoms with E-state index in [-0.39, 0.29) is 5.41 Å². The Bertz CT molecular complexity index is 890. The molecule has 1 heterocycles. The van der Waals surface area contributed by atoms with Crippen molar-refractivity contribution in [1.82, 2.24) is 14.5 Å². The molecule has 0 atom stereocenters. The molecule has 1 aromatic heterocycles. The van der Waals surface area contributed by atoms with Gasteiger partial charge in [-0.05, 0) is 37.0 Å². The first-order chi connectivity index (χ1) is 13.2. The normalized spacial score (nSPS) is 15.9. The predicted octanol–water partition coefficient (Wildman–Crippen LogP) is 3.83. The Labute approximate surface area is 168 Å². The Morgan fingerprint density at radius 2 is 1.82 bits per heavy atom. The number of nitrogens with one attached hydrogen (secondary N) is 1. The maximum absolute atomic E-state index is 13.0. The van der Waals surface area contributed by atoms with Gasteiger partial charge in [0.2, 0.25) is 10.0 Å². The van der Waals surface area contributed by atoms with Crippen LogP contribution in [0.5, 0.6) is 5.75 Å². The van der Waals surface area contributed by atoms with Crippen LogP contribution >= 0.6 is 0 Å². The minimum Gasteiger partial charge on any atom is -0.497 e. The third-order valence-electron chi connectivity index (χ3n) is 5.26. The van der Waals surface area contributed by atoms with Crippen molar-refractivity contribution in [3.05, 3.63) is 41.7 Å². The second-order valence-corrected chi connectivity index (χ2v) is 10.2. The monoisotopic (exact) mass is 405 g/mol. The zero-order chi connectivity index (χ0) is 20.4. The number of benzene rings is 1. The molecule has 6 nitrogen and oxygen atoms in total. The van der Waals surface area contributed by atoms with E-state index in [0.29, 0.717) is 29.6 Å². The highest BCUT2D eigenvalue weighted by Gasteiger charge is 2.31. The molecule has 0 spiro atoms. The van der Waals surface area contributed by atoms with Gasteiger partial charge in [0.05, 0.1) is 18.8 Å². The van der Waals surface area contributed by atoms with Crippen molar-refractivity contribution in [2.45, 2.75) is 69.2 Å². The van der Waals surface area contributed by atoms with Crippen LogP contribution in [0.1, 0.15) is 63.8 Å². The summed E-state index contributed by atoms with van der Waals surface area (Å²) < 4.78 is 35.9. The van der Waals surface area contributed by atoms with E-state index >= 15 is 0 Å². The molecule has 3 rings (SSSR count). The van der Waals surface area contributed by atoms with Gasteiger partial charge in [-0.2, -0.15) is 5.10 Å². The van der Waals surface area contributed by atoms with Gasteiger partial charge in [-0.25, -0.2) is 13.1 Å². The average molecular weight is 406 g/mol. The van der Waals surface area contributed by atoms with Gasteiger partial charge >= 0.3 is 0 Å². The highest BCUT2D eigenvalue weighted by atomic mass is 32.2. The van der Waals surface area contributed by atoms with Crippen molar-refractivity contribution in [3.8, 4) is 5.75 Å². The number of hydrogen-bond acceptors (Lipinski definition) is 4. The maximum Gasteiger partial charge on any atom is 0.244 e. The van der Waals surface area contributed by atoms with Crippen molar-refractivity contribution >= 4 is 10.0 Å². The highest BCUT2D eigenvalue weighted by Crippen LogP contribution is 2.33. The molecular formula is C21H31N3O3S. The van der Waals surface area contributed by atoms with Gasteiger partial charge in [0.15, 0.2) is 0 Å². The van der Waals surface area contributed by atoms with Crippen molar-refractivity contribution in [2.75, 3.05) is 13.7 Å². The first-order valence-electron chi connectivity index (χ1n) is 9.93. The molecule has 0 bridgehead atoms. The second-order valence-electron chi connectivity index (χ2n) is 8.51. The summed E-state index contributed by atoms with van der Waals surface area (Å²) in [5.41, 5.74) is 1.35. The number of rotatable bonds is 7. The van der Waals surface area contributed by atoms with Crippen LogP contribution in [0.3, 0.4) is 0 Å². The topological polar surface area (TPSA) is 73.2 Å². The van der Waals surface area contributed by atoms with Crippen molar-refractivity contribution in [2.24, 2.45) is 0 Å². The molecule has 0 saturated heterocycles. The highest BCUT2D eigenvalue weighted by molar-refractivity contribution is 7.89. The van der Waals surface area contributed by atoms with E-state index in [1.54, 1.807) is 13.3 Å². The molecule has 154 valence electrons. The molecule has 1 saturated carbocycles. The minimum atomic E-state index is -3.62. The smallest absolute Gasteiger partial charge is 0.244 e. The molecule has 0 aliphatic heterocycles. The third-order valence-corrected chi connectivity index (χ3v) is 6.72. The summed E-state index contributed by atoms with van der Waals surface area (Å²) in [6.45, 7) is 6.35. The molecule has 2 aromatic rings. The van der Waals surface area contributed by atoms with Crippen LogP contribution in [-0.4, -0.2) is 31.9 Å². The van der Waals surface area contributed by atoms with Crippen LogP contribution in [0.25, 0.3) is 0 Å². The van der Waals surface area contributed by atoms with Gasteiger partial charge in [0, 0.05) is 18.2 Å². The van der Waals surface area contributed by atoms with Crippen LogP contribution in [0, 0.1) is 0 Å². The van der Waals surface area contributed by atoms with Crippen LogP contribution in [0.2, 0.25) is 0 Å². The lowest BCUT2D eigenvalue weighted by Crippen LogP contribution is -2.28. The van der Waals surface area contributed by atoms with Crippen molar-refractivity contribution < 1.29 is 13.2 Å². The molecular weight excluding hydrogens is 374 g/mol. The molecule has 0 amide bonds. The van der Waals surface area contributed by atoms with E-state index in [1.807, 2.05) is 49.7 Å². The molecule has 7 heteroatoms. The van der Waals surface area contributed by atoms with Crippen LogP contribution in [0.15, 0.2) is 35.4 Å². The fraction of sp³-hybridized carbons (Fsp3) is 0.571. The Kier molecular flexibility index (Phi) is 6.15. The first-order valence-corrected chi connectivity index (χ1v) is 11.4. The Morgan fingerprint density at radius 3 is 2.39 bits per heavy atom. The Morgan fingerprint density at radius 1 is 1.18 bits per heavy atom. The standard InChI is InChI=1S/C21H31N3O3S/c1-21(2,3)20-19(15-24(23-20)17-7-5-6-8-17)28(25,26)22-14-13-16-9-11-18(27-4)12-10-16/h9-12,15,17,22H,5-8,13-14H2,1-4H3. The lowest BCUT2D eigenvalue weighted by atomic mass is 9.92. The van der Waals surface area contributed by atoms with Crippen molar-refractivity contribution in [3.63, 3.8) is 0 Å². The van der Waals surface area contributed by atoms with E-state index < -0.39 is 10.0 Å². The summed E-state index contributed by atoms with van der Waals surface area (Å²) in [6.07, 6.45) is 6.83. The van der Waals surface area contributed by atoms with Gasteiger partial charge in [0.1, 0.15) is 10.6 Å². The van der Waals surface area contributed by atoms with E-state index in [2.05, 4.69) is 4.72 Å². The Hall–Kier alpha value is -1.86. The lowest BCUT2D eigenvalue weighted by molar-refractivity contribution is 0.414. The number of hydrogen-bond donors (Lipinski definition) is 1. The lowest BCUT2D eigenvalue weighted by Gasteiger charge is -2.18. The number of aromatic nitrogens is 2. The maximum atomic E-state index is 13.0. The summed E-state index contributed by atoms with van der Waals surface area (Å²) in [6, 6.07) is 7.97. The number of sulfonamides is 1. The van der Waals surface area contributed by atoms with Crippen LogP contribution in [-0.2, 0) is 21.9 Å². The molecule has 28 heavy (non-hydrogen) atoms. The summed E-state index contributed by atoms with van der Waals surface area (Å²) in [7, 11) is -2.00. The first kappa shape index (κ1) is 20.9. The summed E-state index contributed by atoms with van der Waals surface area (Å²) in [5, 5.41) is 4.70. The van der Waals surface area contributed by atoms with Gasteiger partial charge in [-0.1, -0.05) is 45.7 Å². The largest absolute Gasteiger partial charge is 0.497 e. The quantitative estimate of drug-likeness (QED) is 0.760. The molecule has 1 fully saturated rings. The van der Waals surface area contributed by atoms with Gasteiger partial charge in [-0.15, -0.1) is 0 Å². The van der Waals surface area contributed by atoms with Gasteiger partial charge < -0.3 is 4.74 Å². The number of methoxy groups -OCH3 is 1. The van der Waals surface area contributed by atoms with Crippen LogP contribution in [0.4, 0.5) is 0 Å². The average Bonchev–Trinajstić information content (AvgIpc) is 3.31. The number of nitrogens with zero attached hydrogens (tertiary/aromatic N) is 2. The van der Waals surface area contributed by atoms with E-state index in [0.717, 1.165) is 24.2 Å². The zero-order valence-electron chi connectivity index (χ0n) is 17.2. The van der Waals surface area contributed by atoms with E-state index in [1.165, 1.54) is 12.8 Å². The molecule has 1 aliphatic carbocycles. The SMILES string of the molecule is COc1ccc(CCNS(=O)(=O)c2cn(C3CCCC3)nc2C(C)(C)C)cc1. The van der Waals surface area contributed by atoms with E-state index in [4.69, 9.17) is 9.84 Å². The Balaban J connectivity index is 1.75. The zero-order valence-corrected chi connectivity index (χ0v) is 18.1. The predicted molar refractivity (Wildman–Crippen MR) is 110 cm³/mol. The number of ether oxygens (including phenoxy) is 1. The van der Waals surface area contributed by atoms with E-state index in [9.17, 15) is 8.42 Å². The molecule has 1 aromatic carbocycles. The van der Waals surface area contributed by atoms with Crippen LogP contribution < -0.4 is 9.46 Å². The summed E-state index contributed by atoms with van der Waals surface area (Å²) in [4.78, 5) is 0.307. The molecule has 0 radical (unpaired) electrons. The molecule has 1 N–H and O–H groups in total. The summed E-state index contributed by atoms with van der Waals surface area (Å²) in [5.74, 6) is 0.790.